The van der Waals surface area contributed by atoms with Crippen molar-refractivity contribution >= 4 is 21.9 Å². The van der Waals surface area contributed by atoms with Crippen molar-refractivity contribution in [3.05, 3.63) is 38.7 Å². The smallest absolute Gasteiger partial charge is 0.339 e. The fourth-order valence-corrected chi connectivity index (χ4v) is 1.82. The normalized spacial score (nSPS) is 11.1. The van der Waals surface area contributed by atoms with E-state index in [0.29, 0.717) is 10.0 Å². The molecule has 0 N–H and O–H groups in total. The van der Waals surface area contributed by atoms with Gasteiger partial charge in [-0.15, -0.1) is 0 Å². The first kappa shape index (κ1) is 13.8. The molecule has 0 unspecified atom stereocenters. The molecule has 0 aliphatic rings. The molecule has 1 aromatic carbocycles. The third-order valence-electron chi connectivity index (χ3n) is 1.90. The van der Waals surface area contributed by atoms with Gasteiger partial charge in [-0.1, -0.05) is 11.2 Å². The Morgan fingerprint density at radius 1 is 1.41 bits per heavy atom. The van der Waals surface area contributed by atoms with Gasteiger partial charge in [0.1, 0.15) is 12.1 Å². The Morgan fingerprint density at radius 3 is 2.53 bits per heavy atom. The summed E-state index contributed by atoms with van der Waals surface area (Å²) in [5.41, 5.74) is 0.660. The summed E-state index contributed by atoms with van der Waals surface area (Å²) in [5, 5.41) is 2.79. The largest absolute Gasteiger partial charge is 0.456 e. The number of rotatable bonds is 3. The van der Waals surface area contributed by atoms with E-state index in [9.17, 15) is 9.70 Å². The molecule has 92 valence electrons. The number of hydrogen-bond acceptors (Lipinski definition) is 4. The van der Waals surface area contributed by atoms with Gasteiger partial charge in [-0.25, -0.2) is 4.79 Å². The average Bonchev–Trinajstić information content (AvgIpc) is 2.15. The van der Waals surface area contributed by atoms with E-state index in [2.05, 4.69) is 21.1 Å². The maximum Gasteiger partial charge on any atom is 0.339 e. The molecule has 0 bridgehead atoms. The van der Waals surface area contributed by atoms with Crippen molar-refractivity contribution in [3.63, 3.8) is 0 Å². The molecule has 0 saturated carbocycles. The van der Waals surface area contributed by atoms with E-state index in [-0.39, 0.29) is 6.54 Å². The zero-order chi connectivity index (χ0) is 13.1. The van der Waals surface area contributed by atoms with E-state index < -0.39 is 11.6 Å². The lowest BCUT2D eigenvalue weighted by Gasteiger charge is -2.20. The molecule has 4 nitrogen and oxygen atoms in total. The quantitative estimate of drug-likeness (QED) is 0.632. The summed E-state index contributed by atoms with van der Waals surface area (Å²) in [4.78, 5) is 21.9. The molecule has 0 radical (unpaired) electrons. The van der Waals surface area contributed by atoms with E-state index >= 15 is 0 Å². The minimum atomic E-state index is -0.528. The second-order valence-electron chi connectivity index (χ2n) is 4.60. The number of carbonyl (C=O) groups is 1. The predicted molar refractivity (Wildman–Crippen MR) is 68.8 cm³/mol. The van der Waals surface area contributed by atoms with Crippen molar-refractivity contribution in [2.45, 2.75) is 32.9 Å². The highest BCUT2D eigenvalue weighted by molar-refractivity contribution is 9.10. The summed E-state index contributed by atoms with van der Waals surface area (Å²) < 4.78 is 5.85. The minimum Gasteiger partial charge on any atom is -0.456 e. The van der Waals surface area contributed by atoms with Crippen LogP contribution in [0, 0.1) is 4.91 Å². The molecule has 0 aliphatic heterocycles. The van der Waals surface area contributed by atoms with Crippen molar-refractivity contribution in [1.82, 2.24) is 0 Å². The van der Waals surface area contributed by atoms with E-state index in [1.165, 1.54) is 0 Å². The average molecular weight is 300 g/mol. The van der Waals surface area contributed by atoms with Crippen molar-refractivity contribution in [2.75, 3.05) is 0 Å². The van der Waals surface area contributed by atoms with Crippen LogP contribution in [0.4, 0.5) is 0 Å². The van der Waals surface area contributed by atoms with Gasteiger partial charge in [-0.2, -0.15) is 4.91 Å². The monoisotopic (exact) mass is 299 g/mol. The lowest BCUT2D eigenvalue weighted by atomic mass is 10.1. The fraction of sp³-hybridized carbons (Fsp3) is 0.417. The van der Waals surface area contributed by atoms with Gasteiger partial charge in [-0.05, 0) is 54.4 Å². The Bertz CT molecular complexity index is 438. The summed E-state index contributed by atoms with van der Waals surface area (Å²) in [6, 6.07) is 5.00. The summed E-state index contributed by atoms with van der Waals surface area (Å²) in [6.45, 7) is 5.52. The van der Waals surface area contributed by atoms with Gasteiger partial charge in [0, 0.05) is 4.47 Å². The van der Waals surface area contributed by atoms with Gasteiger partial charge >= 0.3 is 5.97 Å². The topological polar surface area (TPSA) is 55.7 Å². The molecular weight excluding hydrogens is 286 g/mol. The second-order valence-corrected chi connectivity index (χ2v) is 5.46. The van der Waals surface area contributed by atoms with Crippen LogP contribution < -0.4 is 0 Å². The van der Waals surface area contributed by atoms with E-state index in [1.807, 2.05) is 20.8 Å². The van der Waals surface area contributed by atoms with Crippen LogP contribution >= 0.6 is 15.9 Å². The summed E-state index contributed by atoms with van der Waals surface area (Å²) in [7, 11) is 0. The second kappa shape index (κ2) is 5.40. The molecule has 0 fully saturated rings. The lowest BCUT2D eigenvalue weighted by molar-refractivity contribution is 0.00685. The highest BCUT2D eigenvalue weighted by atomic mass is 79.9. The lowest BCUT2D eigenvalue weighted by Crippen LogP contribution is -2.24. The Balaban J connectivity index is 2.92. The van der Waals surface area contributed by atoms with E-state index in [0.717, 1.165) is 5.56 Å². The number of halogens is 1. The van der Waals surface area contributed by atoms with Crippen molar-refractivity contribution in [3.8, 4) is 0 Å². The first-order chi connectivity index (χ1) is 7.83. The third-order valence-corrected chi connectivity index (χ3v) is 2.56. The van der Waals surface area contributed by atoms with Gasteiger partial charge in [0.05, 0.1) is 5.56 Å². The Labute approximate surface area is 108 Å². The number of hydrogen-bond donors (Lipinski definition) is 0. The number of ether oxygens (including phenoxy) is 1. The van der Waals surface area contributed by atoms with Gasteiger partial charge in [0.2, 0.25) is 0 Å². The first-order valence-corrected chi connectivity index (χ1v) is 5.93. The summed E-state index contributed by atoms with van der Waals surface area (Å²) in [6.07, 6.45) is 0. The van der Waals surface area contributed by atoms with Crippen LogP contribution in [-0.4, -0.2) is 11.6 Å². The van der Waals surface area contributed by atoms with E-state index in [1.54, 1.807) is 18.2 Å². The number of nitroso groups, excluding NO2 is 1. The molecule has 0 aromatic heterocycles. The van der Waals surface area contributed by atoms with Gasteiger partial charge in [0.25, 0.3) is 0 Å². The molecule has 0 spiro atoms. The van der Waals surface area contributed by atoms with Crippen LogP contribution in [0.15, 0.2) is 27.8 Å². The van der Waals surface area contributed by atoms with Gasteiger partial charge < -0.3 is 4.74 Å². The molecule has 17 heavy (non-hydrogen) atoms. The zero-order valence-corrected chi connectivity index (χ0v) is 11.6. The molecule has 0 atom stereocenters. The SMILES string of the molecule is CC(C)(C)OC(=O)c1ccc(CN=O)cc1Br. The fourth-order valence-electron chi connectivity index (χ4n) is 1.23. The van der Waals surface area contributed by atoms with Crippen molar-refractivity contribution in [1.29, 1.82) is 0 Å². The van der Waals surface area contributed by atoms with Crippen LogP contribution in [-0.2, 0) is 11.3 Å². The van der Waals surface area contributed by atoms with Crippen LogP contribution in [0.1, 0.15) is 36.7 Å². The number of nitrogens with zero attached hydrogens (tertiary/aromatic N) is 1. The highest BCUT2D eigenvalue weighted by Gasteiger charge is 2.19. The van der Waals surface area contributed by atoms with Gasteiger partial charge in [0.15, 0.2) is 0 Å². The standard InChI is InChI=1S/C12H14BrNO3/c1-12(2,3)17-11(15)9-5-4-8(7-14-16)6-10(9)13/h4-6H,7H2,1-3H3. The van der Waals surface area contributed by atoms with Crippen molar-refractivity contribution in [2.24, 2.45) is 5.18 Å². The zero-order valence-electron chi connectivity index (χ0n) is 9.99. The van der Waals surface area contributed by atoms with Crippen LogP contribution in [0.5, 0.6) is 0 Å². The highest BCUT2D eigenvalue weighted by Crippen LogP contribution is 2.22. The number of esters is 1. The van der Waals surface area contributed by atoms with Gasteiger partial charge in [-0.3, -0.25) is 0 Å². The van der Waals surface area contributed by atoms with Crippen LogP contribution in [0.2, 0.25) is 0 Å². The molecule has 5 heteroatoms. The molecule has 0 aliphatic carbocycles. The molecule has 0 amide bonds. The van der Waals surface area contributed by atoms with E-state index in [4.69, 9.17) is 4.74 Å². The molecule has 1 aromatic rings. The predicted octanol–water partition coefficient (Wildman–Crippen LogP) is 3.67. The Hall–Kier alpha value is -1.23. The summed E-state index contributed by atoms with van der Waals surface area (Å²) >= 11 is 3.28. The first-order valence-electron chi connectivity index (χ1n) is 5.14. The van der Waals surface area contributed by atoms with Crippen LogP contribution in [0.25, 0.3) is 0 Å². The molecule has 0 saturated heterocycles. The molecule has 0 heterocycles. The maximum absolute atomic E-state index is 11.8. The molecule has 1 rings (SSSR count). The number of benzene rings is 1. The van der Waals surface area contributed by atoms with Crippen molar-refractivity contribution < 1.29 is 9.53 Å². The Kier molecular flexibility index (Phi) is 4.40. The summed E-state index contributed by atoms with van der Waals surface area (Å²) in [5.74, 6) is -0.394. The number of carbonyl (C=O) groups excluding carboxylic acids is 1. The Morgan fingerprint density at radius 2 is 2.06 bits per heavy atom. The maximum atomic E-state index is 11.8. The third kappa shape index (κ3) is 4.26. The van der Waals surface area contributed by atoms with Crippen LogP contribution in [0.3, 0.4) is 0 Å². The minimum absolute atomic E-state index is 0.0905. The molecular formula is C12H14BrNO3.